The van der Waals surface area contributed by atoms with Gasteiger partial charge in [-0.2, -0.15) is 0 Å². The van der Waals surface area contributed by atoms with Gasteiger partial charge in [0, 0.05) is 25.5 Å². The van der Waals surface area contributed by atoms with Crippen LogP contribution >= 0.6 is 0 Å². The summed E-state index contributed by atoms with van der Waals surface area (Å²) >= 11 is 0. The van der Waals surface area contributed by atoms with Crippen molar-refractivity contribution in [3.05, 3.63) is 30.1 Å². The van der Waals surface area contributed by atoms with Crippen LogP contribution in [0.1, 0.15) is 45.6 Å². The van der Waals surface area contributed by atoms with Gasteiger partial charge in [0.2, 0.25) is 0 Å². The van der Waals surface area contributed by atoms with Crippen molar-refractivity contribution < 1.29 is 4.74 Å². The van der Waals surface area contributed by atoms with Gasteiger partial charge in [-0.15, -0.1) is 0 Å². The van der Waals surface area contributed by atoms with Crippen molar-refractivity contribution in [1.82, 2.24) is 10.3 Å². The third-order valence-corrected chi connectivity index (χ3v) is 3.25. The van der Waals surface area contributed by atoms with Crippen LogP contribution in [0.15, 0.2) is 24.5 Å². The van der Waals surface area contributed by atoms with Crippen LogP contribution in [0.4, 0.5) is 0 Å². The van der Waals surface area contributed by atoms with E-state index in [0.29, 0.717) is 12.0 Å². The van der Waals surface area contributed by atoms with E-state index < -0.39 is 0 Å². The molecule has 0 bridgehead atoms. The van der Waals surface area contributed by atoms with E-state index in [9.17, 15) is 0 Å². The fraction of sp³-hybridized carbons (Fsp3) is 0.706. The van der Waals surface area contributed by atoms with Crippen LogP contribution in [0, 0.1) is 5.92 Å². The average molecular weight is 278 g/mol. The van der Waals surface area contributed by atoms with Crippen molar-refractivity contribution in [2.24, 2.45) is 5.92 Å². The predicted molar refractivity (Wildman–Crippen MR) is 84.9 cm³/mol. The Morgan fingerprint density at radius 3 is 2.60 bits per heavy atom. The zero-order chi connectivity index (χ0) is 14.6. The summed E-state index contributed by atoms with van der Waals surface area (Å²) in [5.41, 5.74) is 1.34. The maximum atomic E-state index is 6.01. The third-order valence-electron chi connectivity index (χ3n) is 3.25. The van der Waals surface area contributed by atoms with Crippen molar-refractivity contribution in [3.8, 4) is 0 Å². The average Bonchev–Trinajstić information content (AvgIpc) is 2.44. The SMILES string of the molecule is CCCC(CNCC(C)C)OCCCc1ccncc1. The zero-order valence-corrected chi connectivity index (χ0v) is 13.3. The predicted octanol–water partition coefficient (Wildman–Crippen LogP) is 3.45. The molecule has 1 rings (SSSR count). The van der Waals surface area contributed by atoms with E-state index >= 15 is 0 Å². The molecule has 1 heterocycles. The van der Waals surface area contributed by atoms with Gasteiger partial charge in [-0.25, -0.2) is 0 Å². The third kappa shape index (κ3) is 8.28. The van der Waals surface area contributed by atoms with Crippen molar-refractivity contribution in [3.63, 3.8) is 0 Å². The lowest BCUT2D eigenvalue weighted by Crippen LogP contribution is -2.31. The van der Waals surface area contributed by atoms with Gasteiger partial charge >= 0.3 is 0 Å². The number of pyridine rings is 1. The summed E-state index contributed by atoms with van der Waals surface area (Å²) in [4.78, 5) is 4.03. The largest absolute Gasteiger partial charge is 0.377 e. The first-order chi connectivity index (χ1) is 9.72. The van der Waals surface area contributed by atoms with Crippen LogP contribution in [0.5, 0.6) is 0 Å². The van der Waals surface area contributed by atoms with E-state index in [0.717, 1.165) is 39.0 Å². The Bertz CT molecular complexity index is 327. The Hall–Kier alpha value is -0.930. The highest BCUT2D eigenvalue weighted by Crippen LogP contribution is 2.05. The van der Waals surface area contributed by atoms with Gasteiger partial charge in [-0.05, 0) is 49.4 Å². The van der Waals surface area contributed by atoms with Crippen LogP contribution in [-0.2, 0) is 11.2 Å². The summed E-state index contributed by atoms with van der Waals surface area (Å²) in [5, 5.41) is 3.50. The number of hydrogen-bond donors (Lipinski definition) is 1. The number of aryl methyl sites for hydroxylation is 1. The van der Waals surface area contributed by atoms with Crippen LogP contribution in [0.25, 0.3) is 0 Å². The molecule has 3 nitrogen and oxygen atoms in total. The van der Waals surface area contributed by atoms with Crippen molar-refractivity contribution in [2.75, 3.05) is 19.7 Å². The van der Waals surface area contributed by atoms with Gasteiger partial charge in [0.1, 0.15) is 0 Å². The summed E-state index contributed by atoms with van der Waals surface area (Å²) in [6.45, 7) is 9.57. The van der Waals surface area contributed by atoms with Crippen LogP contribution in [0.3, 0.4) is 0 Å². The highest BCUT2D eigenvalue weighted by Gasteiger charge is 2.07. The number of hydrogen-bond acceptors (Lipinski definition) is 3. The van der Waals surface area contributed by atoms with Crippen molar-refractivity contribution in [1.29, 1.82) is 0 Å². The lowest BCUT2D eigenvalue weighted by molar-refractivity contribution is 0.0453. The number of aromatic nitrogens is 1. The Labute approximate surface area is 124 Å². The van der Waals surface area contributed by atoms with Gasteiger partial charge in [0.15, 0.2) is 0 Å². The quantitative estimate of drug-likeness (QED) is 0.630. The lowest BCUT2D eigenvalue weighted by atomic mass is 10.1. The van der Waals surface area contributed by atoms with Crippen LogP contribution < -0.4 is 5.32 Å². The molecule has 20 heavy (non-hydrogen) atoms. The molecular formula is C17H30N2O. The number of nitrogens with zero attached hydrogens (tertiary/aromatic N) is 1. The zero-order valence-electron chi connectivity index (χ0n) is 13.3. The molecule has 0 aliphatic carbocycles. The van der Waals surface area contributed by atoms with Crippen molar-refractivity contribution >= 4 is 0 Å². The highest BCUT2D eigenvalue weighted by atomic mass is 16.5. The molecule has 0 saturated heterocycles. The Morgan fingerprint density at radius 2 is 1.95 bits per heavy atom. The van der Waals surface area contributed by atoms with Gasteiger partial charge in [0.05, 0.1) is 6.10 Å². The fourth-order valence-corrected chi connectivity index (χ4v) is 2.18. The molecule has 1 aromatic heterocycles. The Morgan fingerprint density at radius 1 is 1.20 bits per heavy atom. The first-order valence-corrected chi connectivity index (χ1v) is 7.93. The first-order valence-electron chi connectivity index (χ1n) is 7.93. The van der Waals surface area contributed by atoms with E-state index in [1.807, 2.05) is 12.4 Å². The first kappa shape index (κ1) is 17.1. The molecule has 0 spiro atoms. The van der Waals surface area contributed by atoms with Gasteiger partial charge in [0.25, 0.3) is 0 Å². The molecule has 1 atom stereocenters. The minimum absolute atomic E-state index is 0.358. The normalized spacial score (nSPS) is 12.8. The Kier molecular flexibility index (Phi) is 9.25. The molecule has 114 valence electrons. The second-order valence-corrected chi connectivity index (χ2v) is 5.79. The molecule has 1 unspecified atom stereocenters. The molecule has 0 aromatic carbocycles. The number of nitrogens with one attached hydrogen (secondary N) is 1. The summed E-state index contributed by atoms with van der Waals surface area (Å²) in [5.74, 6) is 0.698. The van der Waals surface area contributed by atoms with E-state index in [1.54, 1.807) is 0 Å². The lowest BCUT2D eigenvalue weighted by Gasteiger charge is -2.18. The topological polar surface area (TPSA) is 34.1 Å². The molecule has 0 fully saturated rings. The standard InChI is InChI=1S/C17H30N2O/c1-4-6-17(14-19-13-15(2)3)20-12-5-7-16-8-10-18-11-9-16/h8-11,15,17,19H,4-7,12-14H2,1-3H3. The minimum atomic E-state index is 0.358. The summed E-state index contributed by atoms with van der Waals surface area (Å²) in [7, 11) is 0. The molecule has 1 N–H and O–H groups in total. The van der Waals surface area contributed by atoms with E-state index in [-0.39, 0.29) is 0 Å². The maximum absolute atomic E-state index is 6.01. The van der Waals surface area contributed by atoms with Gasteiger partial charge < -0.3 is 10.1 Å². The Balaban J connectivity index is 2.14. The summed E-state index contributed by atoms with van der Waals surface area (Å²) in [6.07, 6.45) is 8.53. The monoisotopic (exact) mass is 278 g/mol. The molecule has 1 aromatic rings. The fourth-order valence-electron chi connectivity index (χ4n) is 2.18. The number of rotatable bonds is 11. The highest BCUT2D eigenvalue weighted by molar-refractivity contribution is 5.09. The molecule has 3 heteroatoms. The summed E-state index contributed by atoms with van der Waals surface area (Å²) in [6, 6.07) is 4.15. The van der Waals surface area contributed by atoms with E-state index in [4.69, 9.17) is 4.74 Å². The molecule has 0 radical (unpaired) electrons. The molecule has 0 amide bonds. The van der Waals surface area contributed by atoms with Gasteiger partial charge in [-0.3, -0.25) is 4.98 Å². The minimum Gasteiger partial charge on any atom is -0.377 e. The van der Waals surface area contributed by atoms with Crippen LogP contribution in [-0.4, -0.2) is 30.8 Å². The molecular weight excluding hydrogens is 248 g/mol. The second kappa shape index (κ2) is 10.8. The summed E-state index contributed by atoms with van der Waals surface area (Å²) < 4.78 is 6.01. The smallest absolute Gasteiger partial charge is 0.0699 e. The van der Waals surface area contributed by atoms with E-state index in [2.05, 4.69) is 43.2 Å². The second-order valence-electron chi connectivity index (χ2n) is 5.79. The van der Waals surface area contributed by atoms with Gasteiger partial charge in [-0.1, -0.05) is 27.2 Å². The molecule has 0 aliphatic heterocycles. The maximum Gasteiger partial charge on any atom is 0.0699 e. The van der Waals surface area contributed by atoms with Crippen LogP contribution in [0.2, 0.25) is 0 Å². The molecule has 0 saturated carbocycles. The van der Waals surface area contributed by atoms with E-state index in [1.165, 1.54) is 12.0 Å². The number of ether oxygens (including phenoxy) is 1. The van der Waals surface area contributed by atoms with Crippen molar-refractivity contribution in [2.45, 2.75) is 52.6 Å². The molecule has 0 aliphatic rings.